The van der Waals surface area contributed by atoms with Crippen LogP contribution >= 0.6 is 0 Å². The molecule has 96 valence electrons. The SMILES string of the molecule is CC(=O)C(C)Cc1ccc2c(c1)N(C)C(=O)CO2. The molecule has 18 heavy (non-hydrogen) atoms. The number of nitrogens with zero attached hydrogens (tertiary/aromatic N) is 1. The van der Waals surface area contributed by atoms with E-state index in [0.29, 0.717) is 6.42 Å². The van der Waals surface area contributed by atoms with Gasteiger partial charge in [-0.1, -0.05) is 13.0 Å². The highest BCUT2D eigenvalue weighted by atomic mass is 16.5. The summed E-state index contributed by atoms with van der Waals surface area (Å²) in [4.78, 5) is 24.4. The monoisotopic (exact) mass is 247 g/mol. The largest absolute Gasteiger partial charge is 0.482 e. The average molecular weight is 247 g/mol. The van der Waals surface area contributed by atoms with Gasteiger partial charge in [0.2, 0.25) is 0 Å². The topological polar surface area (TPSA) is 46.6 Å². The van der Waals surface area contributed by atoms with Crippen LogP contribution in [0, 0.1) is 5.92 Å². The molecule has 0 saturated heterocycles. The van der Waals surface area contributed by atoms with E-state index in [-0.39, 0.29) is 24.2 Å². The van der Waals surface area contributed by atoms with Crippen LogP contribution in [0.5, 0.6) is 5.75 Å². The number of rotatable bonds is 3. The number of amides is 1. The summed E-state index contributed by atoms with van der Waals surface area (Å²) in [6, 6.07) is 5.73. The smallest absolute Gasteiger partial charge is 0.264 e. The van der Waals surface area contributed by atoms with Gasteiger partial charge in [-0.15, -0.1) is 0 Å². The molecule has 4 nitrogen and oxygen atoms in total. The number of hydrogen-bond donors (Lipinski definition) is 0. The maximum absolute atomic E-state index is 11.5. The number of benzene rings is 1. The van der Waals surface area contributed by atoms with Crippen molar-refractivity contribution >= 4 is 17.4 Å². The molecule has 2 rings (SSSR count). The van der Waals surface area contributed by atoms with Gasteiger partial charge in [-0.3, -0.25) is 9.59 Å². The first-order valence-corrected chi connectivity index (χ1v) is 6.01. The molecule has 0 spiro atoms. The van der Waals surface area contributed by atoms with Gasteiger partial charge in [0.1, 0.15) is 11.5 Å². The summed E-state index contributed by atoms with van der Waals surface area (Å²) >= 11 is 0. The van der Waals surface area contributed by atoms with Crippen LogP contribution in [0.1, 0.15) is 19.4 Å². The van der Waals surface area contributed by atoms with Crippen molar-refractivity contribution in [2.45, 2.75) is 20.3 Å². The van der Waals surface area contributed by atoms with Crippen LogP contribution in [0.3, 0.4) is 0 Å². The molecule has 0 fully saturated rings. The number of carbonyl (C=O) groups is 2. The normalized spacial score (nSPS) is 15.9. The van der Waals surface area contributed by atoms with Crippen LogP contribution < -0.4 is 9.64 Å². The fraction of sp³-hybridized carbons (Fsp3) is 0.429. The van der Waals surface area contributed by atoms with E-state index in [1.165, 1.54) is 0 Å². The minimum absolute atomic E-state index is 0.00596. The number of ketones is 1. The molecule has 0 bridgehead atoms. The predicted molar refractivity (Wildman–Crippen MR) is 68.9 cm³/mol. The van der Waals surface area contributed by atoms with E-state index in [4.69, 9.17) is 4.74 Å². The van der Waals surface area contributed by atoms with E-state index >= 15 is 0 Å². The van der Waals surface area contributed by atoms with Gasteiger partial charge in [-0.2, -0.15) is 0 Å². The molecule has 4 heteroatoms. The van der Waals surface area contributed by atoms with Crippen molar-refractivity contribution in [3.63, 3.8) is 0 Å². The molecular weight excluding hydrogens is 230 g/mol. The summed E-state index contributed by atoms with van der Waals surface area (Å²) < 4.78 is 5.36. The van der Waals surface area contributed by atoms with E-state index in [1.54, 1.807) is 18.9 Å². The van der Waals surface area contributed by atoms with Crippen LogP contribution in [0.15, 0.2) is 18.2 Å². The van der Waals surface area contributed by atoms with Crippen molar-refractivity contribution in [3.8, 4) is 5.75 Å². The highest BCUT2D eigenvalue weighted by Gasteiger charge is 2.22. The molecule has 1 amide bonds. The van der Waals surface area contributed by atoms with Crippen molar-refractivity contribution in [1.82, 2.24) is 0 Å². The van der Waals surface area contributed by atoms with Gasteiger partial charge in [-0.05, 0) is 31.0 Å². The van der Waals surface area contributed by atoms with Crippen molar-refractivity contribution in [3.05, 3.63) is 23.8 Å². The van der Waals surface area contributed by atoms with Crippen molar-refractivity contribution in [2.75, 3.05) is 18.6 Å². The zero-order chi connectivity index (χ0) is 13.3. The number of anilines is 1. The Bertz CT molecular complexity index is 496. The Morgan fingerprint density at radius 3 is 2.89 bits per heavy atom. The quantitative estimate of drug-likeness (QED) is 0.818. The van der Waals surface area contributed by atoms with Crippen molar-refractivity contribution in [1.29, 1.82) is 0 Å². The Morgan fingerprint density at radius 2 is 2.22 bits per heavy atom. The molecule has 0 N–H and O–H groups in total. The molecular formula is C14H17NO3. The molecule has 1 aromatic carbocycles. The van der Waals surface area contributed by atoms with Gasteiger partial charge < -0.3 is 9.64 Å². The van der Waals surface area contributed by atoms with Gasteiger partial charge in [-0.25, -0.2) is 0 Å². The summed E-state index contributed by atoms with van der Waals surface area (Å²) in [5.41, 5.74) is 1.82. The third-order valence-electron chi connectivity index (χ3n) is 3.35. The summed E-state index contributed by atoms with van der Waals surface area (Å²) in [6.45, 7) is 3.60. The second kappa shape index (κ2) is 4.80. The Balaban J connectivity index is 2.26. The Morgan fingerprint density at radius 1 is 1.50 bits per heavy atom. The molecule has 0 saturated carbocycles. The van der Waals surface area contributed by atoms with Gasteiger partial charge >= 0.3 is 0 Å². The molecule has 0 radical (unpaired) electrons. The highest BCUT2D eigenvalue weighted by Crippen LogP contribution is 2.32. The summed E-state index contributed by atoms with van der Waals surface area (Å²) in [7, 11) is 1.74. The fourth-order valence-electron chi connectivity index (χ4n) is 1.94. The molecule has 1 aromatic rings. The lowest BCUT2D eigenvalue weighted by atomic mass is 9.97. The van der Waals surface area contributed by atoms with Crippen molar-refractivity contribution in [2.24, 2.45) is 5.92 Å². The zero-order valence-corrected chi connectivity index (χ0v) is 10.9. The van der Waals surface area contributed by atoms with Crippen LogP contribution in [0.25, 0.3) is 0 Å². The van der Waals surface area contributed by atoms with Gasteiger partial charge in [0.25, 0.3) is 5.91 Å². The third kappa shape index (κ3) is 2.37. The summed E-state index contributed by atoms with van der Waals surface area (Å²) in [5, 5.41) is 0. The second-order valence-corrected chi connectivity index (χ2v) is 4.76. The number of hydrogen-bond acceptors (Lipinski definition) is 3. The van der Waals surface area contributed by atoms with E-state index in [2.05, 4.69) is 0 Å². The number of likely N-dealkylation sites (N-methyl/N-ethyl adjacent to an activating group) is 1. The number of carbonyl (C=O) groups excluding carboxylic acids is 2. The lowest BCUT2D eigenvalue weighted by Crippen LogP contribution is -2.35. The van der Waals surface area contributed by atoms with Crippen LogP contribution in [-0.2, 0) is 16.0 Å². The number of Topliss-reactive ketones (excluding diaryl/α,β-unsaturated/α-hetero) is 1. The van der Waals surface area contributed by atoms with Crippen LogP contribution in [-0.4, -0.2) is 25.3 Å². The zero-order valence-electron chi connectivity index (χ0n) is 10.9. The lowest BCUT2D eigenvalue weighted by molar-refractivity contribution is -0.121. The minimum Gasteiger partial charge on any atom is -0.482 e. The predicted octanol–water partition coefficient (Wildman–Crippen LogP) is 1.81. The van der Waals surface area contributed by atoms with Gasteiger partial charge in [0.05, 0.1) is 5.69 Å². The van der Waals surface area contributed by atoms with E-state index in [1.807, 2.05) is 25.1 Å². The molecule has 1 unspecified atom stereocenters. The highest BCUT2D eigenvalue weighted by molar-refractivity contribution is 5.97. The maximum Gasteiger partial charge on any atom is 0.264 e. The average Bonchev–Trinajstić information content (AvgIpc) is 2.34. The molecule has 0 aliphatic carbocycles. The number of ether oxygens (including phenoxy) is 1. The van der Waals surface area contributed by atoms with E-state index in [0.717, 1.165) is 17.0 Å². The summed E-state index contributed by atoms with van der Waals surface area (Å²) in [6.07, 6.45) is 0.685. The second-order valence-electron chi connectivity index (χ2n) is 4.76. The fourth-order valence-corrected chi connectivity index (χ4v) is 1.94. The minimum atomic E-state index is -0.0562. The van der Waals surface area contributed by atoms with Crippen LogP contribution in [0.4, 0.5) is 5.69 Å². The molecule has 1 aliphatic heterocycles. The van der Waals surface area contributed by atoms with E-state index < -0.39 is 0 Å². The first-order chi connectivity index (χ1) is 8.49. The van der Waals surface area contributed by atoms with E-state index in [9.17, 15) is 9.59 Å². The summed E-state index contributed by atoms with van der Waals surface area (Å²) in [5.74, 6) is 0.831. The maximum atomic E-state index is 11.5. The molecule has 1 atom stereocenters. The van der Waals surface area contributed by atoms with Crippen molar-refractivity contribution < 1.29 is 14.3 Å². The molecule has 0 aromatic heterocycles. The Hall–Kier alpha value is -1.84. The van der Waals surface area contributed by atoms with Gasteiger partial charge in [0, 0.05) is 13.0 Å². The first kappa shape index (κ1) is 12.6. The Kier molecular flexibility index (Phi) is 3.36. The lowest BCUT2D eigenvalue weighted by Gasteiger charge is -2.26. The Labute approximate surface area is 107 Å². The van der Waals surface area contributed by atoms with Gasteiger partial charge in [0.15, 0.2) is 6.61 Å². The standard InChI is InChI=1S/C14H17NO3/c1-9(10(2)16)6-11-4-5-13-12(7-11)15(3)14(17)8-18-13/h4-5,7,9H,6,8H2,1-3H3. The first-order valence-electron chi connectivity index (χ1n) is 6.01. The molecule has 1 aliphatic rings. The van der Waals surface area contributed by atoms with Crippen LogP contribution in [0.2, 0.25) is 0 Å². The third-order valence-corrected chi connectivity index (χ3v) is 3.35. The number of fused-ring (bicyclic) bond motifs is 1. The molecule has 1 heterocycles.